The summed E-state index contributed by atoms with van der Waals surface area (Å²) in [5.74, 6) is 0. The molecule has 4 nitrogen and oxygen atoms in total. The number of hydrogen-bond acceptors (Lipinski definition) is 5. The first-order valence-electron chi connectivity index (χ1n) is 4.15. The van der Waals surface area contributed by atoms with E-state index in [0.29, 0.717) is 11.3 Å². The molecule has 0 fully saturated rings. The summed E-state index contributed by atoms with van der Waals surface area (Å²) in [4.78, 5) is 10.8. The summed E-state index contributed by atoms with van der Waals surface area (Å²) in [6.07, 6.45) is -5.64. The second-order valence-corrected chi connectivity index (χ2v) is 3.48. The molecule has 1 heterocycles. The van der Waals surface area contributed by atoms with Crippen LogP contribution in [-0.4, -0.2) is 12.8 Å². The zero-order valence-electron chi connectivity index (χ0n) is 8.54. The standard InChI is InChI=1S/C8H8F3NO3S.ClH/c1-2-14-7(13)15-6-5(12)4(3-16-6)8(9,10)11;/h3H,2,12H2,1H3;1H. The second-order valence-electron chi connectivity index (χ2n) is 2.63. The van der Waals surface area contributed by atoms with Crippen LogP contribution < -0.4 is 10.5 Å². The zero-order chi connectivity index (χ0) is 12.3. The van der Waals surface area contributed by atoms with E-state index in [-0.39, 0.29) is 24.1 Å². The number of carbonyl (C=O) groups excluding carboxylic acids is 1. The molecule has 0 radical (unpaired) electrons. The molecule has 0 saturated carbocycles. The molecule has 0 saturated heterocycles. The van der Waals surface area contributed by atoms with E-state index in [9.17, 15) is 18.0 Å². The molecular weight excluding hydrogens is 283 g/mol. The fourth-order valence-corrected chi connectivity index (χ4v) is 1.71. The lowest BCUT2D eigenvalue weighted by Gasteiger charge is -2.06. The molecule has 0 spiro atoms. The number of rotatable bonds is 2. The molecule has 0 amide bonds. The minimum Gasteiger partial charge on any atom is -0.434 e. The number of thiophene rings is 1. The monoisotopic (exact) mass is 291 g/mol. The second kappa shape index (κ2) is 5.97. The molecule has 17 heavy (non-hydrogen) atoms. The Morgan fingerprint density at radius 2 is 2.12 bits per heavy atom. The van der Waals surface area contributed by atoms with Crippen molar-refractivity contribution in [2.24, 2.45) is 0 Å². The van der Waals surface area contributed by atoms with Gasteiger partial charge in [0.05, 0.1) is 17.9 Å². The van der Waals surface area contributed by atoms with Crippen LogP contribution in [0.1, 0.15) is 12.5 Å². The molecule has 9 heteroatoms. The summed E-state index contributed by atoms with van der Waals surface area (Å²) in [5, 5.41) is 0.468. The number of anilines is 1. The number of hydrogen-bond donors (Lipinski definition) is 1. The highest BCUT2D eigenvalue weighted by atomic mass is 35.5. The average Bonchev–Trinajstić information content (AvgIpc) is 2.47. The molecule has 0 aromatic carbocycles. The number of nitrogen functional groups attached to an aromatic ring is 1. The Kier molecular flexibility index (Phi) is 5.56. The Hall–Kier alpha value is -1.15. The Balaban J connectivity index is 0.00000256. The number of ether oxygens (including phenoxy) is 2. The minimum absolute atomic E-state index is 0. The highest BCUT2D eigenvalue weighted by Crippen LogP contribution is 2.42. The van der Waals surface area contributed by atoms with Gasteiger partial charge in [0.25, 0.3) is 0 Å². The molecule has 2 N–H and O–H groups in total. The Bertz CT molecular complexity index is 394. The predicted molar refractivity (Wildman–Crippen MR) is 58.6 cm³/mol. The van der Waals surface area contributed by atoms with Crippen LogP contribution in [0.3, 0.4) is 0 Å². The lowest BCUT2D eigenvalue weighted by atomic mass is 10.3. The van der Waals surface area contributed by atoms with Crippen molar-refractivity contribution >= 4 is 35.6 Å². The van der Waals surface area contributed by atoms with Crippen molar-refractivity contribution < 1.29 is 27.4 Å². The van der Waals surface area contributed by atoms with E-state index in [0.717, 1.165) is 5.38 Å². The maximum Gasteiger partial charge on any atom is 0.514 e. The number of alkyl halides is 3. The van der Waals surface area contributed by atoms with Gasteiger partial charge in [-0.3, -0.25) is 0 Å². The zero-order valence-corrected chi connectivity index (χ0v) is 10.2. The maximum atomic E-state index is 12.3. The molecule has 0 bridgehead atoms. The minimum atomic E-state index is -4.56. The van der Waals surface area contributed by atoms with Crippen molar-refractivity contribution in [2.45, 2.75) is 13.1 Å². The molecule has 0 aliphatic heterocycles. The summed E-state index contributed by atoms with van der Waals surface area (Å²) >= 11 is 0.589. The largest absolute Gasteiger partial charge is 0.514 e. The Morgan fingerprint density at radius 1 is 1.53 bits per heavy atom. The van der Waals surface area contributed by atoms with E-state index in [4.69, 9.17) is 5.73 Å². The van der Waals surface area contributed by atoms with E-state index < -0.39 is 23.6 Å². The van der Waals surface area contributed by atoms with Crippen LogP contribution in [0.5, 0.6) is 5.06 Å². The third-order valence-electron chi connectivity index (χ3n) is 1.54. The van der Waals surface area contributed by atoms with Gasteiger partial charge >= 0.3 is 12.3 Å². The highest BCUT2D eigenvalue weighted by Gasteiger charge is 2.36. The van der Waals surface area contributed by atoms with Crippen molar-refractivity contribution in [2.75, 3.05) is 12.3 Å². The first-order valence-corrected chi connectivity index (χ1v) is 5.03. The van der Waals surface area contributed by atoms with Gasteiger partial charge in [-0.2, -0.15) is 13.2 Å². The fraction of sp³-hybridized carbons (Fsp3) is 0.375. The molecule has 1 rings (SSSR count). The molecule has 0 aliphatic rings. The number of halogens is 4. The summed E-state index contributed by atoms with van der Waals surface area (Å²) < 4.78 is 45.8. The number of nitrogens with two attached hydrogens (primary N) is 1. The Labute approximate surface area is 105 Å². The molecule has 98 valence electrons. The van der Waals surface area contributed by atoms with Crippen molar-refractivity contribution in [3.8, 4) is 5.06 Å². The van der Waals surface area contributed by atoms with Crippen molar-refractivity contribution in [1.82, 2.24) is 0 Å². The molecule has 0 atom stereocenters. The lowest BCUT2D eigenvalue weighted by molar-refractivity contribution is -0.136. The van der Waals surface area contributed by atoms with E-state index in [1.807, 2.05) is 0 Å². The topological polar surface area (TPSA) is 61.5 Å². The smallest absolute Gasteiger partial charge is 0.434 e. The normalized spacial score (nSPS) is 10.6. The summed E-state index contributed by atoms with van der Waals surface area (Å²) in [7, 11) is 0. The summed E-state index contributed by atoms with van der Waals surface area (Å²) in [6, 6.07) is 0. The summed E-state index contributed by atoms with van der Waals surface area (Å²) in [5.41, 5.74) is 3.57. The third kappa shape index (κ3) is 3.97. The molecule has 1 aromatic heterocycles. The van der Waals surface area contributed by atoms with Gasteiger partial charge in [-0.05, 0) is 6.92 Å². The molecular formula is C8H9ClF3NO3S. The van der Waals surface area contributed by atoms with Crippen LogP contribution >= 0.6 is 23.7 Å². The first kappa shape index (κ1) is 15.9. The fourth-order valence-electron chi connectivity index (χ4n) is 0.871. The maximum absolute atomic E-state index is 12.3. The Morgan fingerprint density at radius 3 is 2.53 bits per heavy atom. The first-order chi connectivity index (χ1) is 7.36. The van der Waals surface area contributed by atoms with Crippen molar-refractivity contribution in [3.63, 3.8) is 0 Å². The van der Waals surface area contributed by atoms with Crippen LogP contribution in [-0.2, 0) is 10.9 Å². The summed E-state index contributed by atoms with van der Waals surface area (Å²) in [6.45, 7) is 1.61. The van der Waals surface area contributed by atoms with E-state index >= 15 is 0 Å². The van der Waals surface area contributed by atoms with Gasteiger partial charge in [-0.25, -0.2) is 4.79 Å². The van der Waals surface area contributed by atoms with Gasteiger partial charge in [0.15, 0.2) is 0 Å². The third-order valence-corrected chi connectivity index (χ3v) is 2.41. The van der Waals surface area contributed by atoms with Gasteiger partial charge in [0, 0.05) is 5.38 Å². The van der Waals surface area contributed by atoms with E-state index in [1.165, 1.54) is 0 Å². The van der Waals surface area contributed by atoms with Crippen LogP contribution in [0.4, 0.5) is 23.7 Å². The SMILES string of the molecule is CCOC(=O)Oc1scc(C(F)(F)F)c1N.Cl. The lowest BCUT2D eigenvalue weighted by Crippen LogP contribution is -2.11. The molecule has 0 unspecified atom stereocenters. The van der Waals surface area contributed by atoms with E-state index in [1.54, 1.807) is 6.92 Å². The number of carbonyl (C=O) groups is 1. The van der Waals surface area contributed by atoms with Crippen LogP contribution in [0.2, 0.25) is 0 Å². The van der Waals surface area contributed by atoms with Crippen LogP contribution in [0, 0.1) is 0 Å². The van der Waals surface area contributed by atoms with Crippen LogP contribution in [0.15, 0.2) is 5.38 Å². The van der Waals surface area contributed by atoms with Gasteiger partial charge < -0.3 is 15.2 Å². The quantitative estimate of drug-likeness (QED) is 0.849. The average molecular weight is 292 g/mol. The predicted octanol–water partition coefficient (Wildman–Crippen LogP) is 3.31. The van der Waals surface area contributed by atoms with Gasteiger partial charge in [-0.1, -0.05) is 0 Å². The van der Waals surface area contributed by atoms with Gasteiger partial charge in [0.1, 0.15) is 0 Å². The van der Waals surface area contributed by atoms with E-state index in [2.05, 4.69) is 9.47 Å². The van der Waals surface area contributed by atoms with Crippen molar-refractivity contribution in [3.05, 3.63) is 10.9 Å². The van der Waals surface area contributed by atoms with Gasteiger partial charge in [0.2, 0.25) is 5.06 Å². The highest BCUT2D eigenvalue weighted by molar-refractivity contribution is 7.12. The van der Waals surface area contributed by atoms with Gasteiger partial charge in [-0.15, -0.1) is 23.7 Å². The molecule has 0 aliphatic carbocycles. The van der Waals surface area contributed by atoms with Crippen LogP contribution in [0.25, 0.3) is 0 Å². The van der Waals surface area contributed by atoms with Crippen molar-refractivity contribution in [1.29, 1.82) is 0 Å². The molecule has 1 aromatic rings.